The highest BCUT2D eigenvalue weighted by Gasteiger charge is 2.38. The van der Waals surface area contributed by atoms with Crippen LogP contribution in [0.4, 0.5) is 10.2 Å². The van der Waals surface area contributed by atoms with E-state index in [1.807, 2.05) is 47.2 Å². The lowest BCUT2D eigenvalue weighted by molar-refractivity contribution is 0.292. The predicted molar refractivity (Wildman–Crippen MR) is 120 cm³/mol. The Bertz CT molecular complexity index is 1380. The number of nitrogens with zero attached hydrogens (tertiary/aromatic N) is 6. The third-order valence-electron chi connectivity index (χ3n) is 6.27. The zero-order valence-electron chi connectivity index (χ0n) is 17.1. The molecule has 2 aliphatic rings. The van der Waals surface area contributed by atoms with Crippen molar-refractivity contribution in [2.45, 2.75) is 25.1 Å². The van der Waals surface area contributed by atoms with Gasteiger partial charge in [0.05, 0.1) is 5.56 Å². The summed E-state index contributed by atoms with van der Waals surface area (Å²) in [6, 6.07) is 8.87. The highest BCUT2D eigenvalue weighted by molar-refractivity contribution is 5.87. The summed E-state index contributed by atoms with van der Waals surface area (Å²) in [4.78, 5) is 13.9. The Labute approximate surface area is 183 Å². The maximum Gasteiger partial charge on any atom is 0.167 e. The first-order valence-corrected chi connectivity index (χ1v) is 10.5. The van der Waals surface area contributed by atoms with Gasteiger partial charge in [-0.25, -0.2) is 24.0 Å². The van der Waals surface area contributed by atoms with Gasteiger partial charge in [0.25, 0.3) is 0 Å². The van der Waals surface area contributed by atoms with Gasteiger partial charge in [-0.1, -0.05) is 11.6 Å². The molecular weight excluding hydrogens is 407 g/mol. The van der Waals surface area contributed by atoms with Crippen LogP contribution in [0.2, 0.25) is 0 Å². The van der Waals surface area contributed by atoms with Gasteiger partial charge in [-0.05, 0) is 42.8 Å². The van der Waals surface area contributed by atoms with Gasteiger partial charge in [-0.3, -0.25) is 4.57 Å². The van der Waals surface area contributed by atoms with Crippen molar-refractivity contribution in [3.05, 3.63) is 66.6 Å². The molecule has 4 heterocycles. The number of nitrogen functional groups attached to an aromatic ring is 1. The number of hydrogen-bond donors (Lipinski definition) is 2. The number of nitrogens with two attached hydrogens (primary N) is 2. The minimum atomic E-state index is -1.02. The molecule has 2 aliphatic carbocycles. The van der Waals surface area contributed by atoms with E-state index in [1.54, 1.807) is 17.1 Å². The number of allylic oxidation sites excluding steroid dienone is 3. The monoisotopic (exact) mass is 428 g/mol. The van der Waals surface area contributed by atoms with Crippen molar-refractivity contribution < 1.29 is 4.39 Å². The van der Waals surface area contributed by atoms with Gasteiger partial charge in [0, 0.05) is 42.7 Å². The summed E-state index contributed by atoms with van der Waals surface area (Å²) in [6.07, 6.45) is 9.29. The second-order valence-corrected chi connectivity index (χ2v) is 8.16. The number of hydrogen-bond acceptors (Lipinski definition) is 6. The molecule has 3 atom stereocenters. The van der Waals surface area contributed by atoms with Crippen molar-refractivity contribution in [2.24, 2.45) is 11.7 Å². The van der Waals surface area contributed by atoms with E-state index in [9.17, 15) is 4.39 Å². The summed E-state index contributed by atoms with van der Waals surface area (Å²) in [6.45, 7) is 0. The maximum atomic E-state index is 14.3. The van der Waals surface area contributed by atoms with E-state index in [0.29, 0.717) is 47.0 Å². The SMILES string of the molecule is Nc1ncccc1-c1nc2ccc(-n3cccn3)nc2n1C1=CCC2C(=C1)C[C@@H](F)C2N. The van der Waals surface area contributed by atoms with E-state index in [4.69, 9.17) is 21.4 Å². The normalized spacial score (nSPS) is 22.6. The molecule has 0 aliphatic heterocycles. The van der Waals surface area contributed by atoms with Crippen molar-refractivity contribution in [1.82, 2.24) is 29.3 Å². The van der Waals surface area contributed by atoms with Crippen LogP contribution in [0.5, 0.6) is 0 Å². The van der Waals surface area contributed by atoms with Gasteiger partial charge in [0.1, 0.15) is 17.5 Å². The summed E-state index contributed by atoms with van der Waals surface area (Å²) < 4.78 is 18.0. The number of pyridine rings is 2. The second-order valence-electron chi connectivity index (χ2n) is 8.16. The van der Waals surface area contributed by atoms with Gasteiger partial charge < -0.3 is 11.5 Å². The van der Waals surface area contributed by atoms with Crippen molar-refractivity contribution in [3.63, 3.8) is 0 Å². The largest absolute Gasteiger partial charge is 0.383 e. The Morgan fingerprint density at radius 2 is 2.00 bits per heavy atom. The molecule has 4 N–H and O–H groups in total. The molecule has 6 rings (SSSR count). The Kier molecular flexibility index (Phi) is 4.19. The van der Waals surface area contributed by atoms with Crippen molar-refractivity contribution in [1.29, 1.82) is 0 Å². The molecule has 4 aromatic heterocycles. The summed E-state index contributed by atoms with van der Waals surface area (Å²) in [5.74, 6) is 1.72. The van der Waals surface area contributed by atoms with E-state index < -0.39 is 12.2 Å². The average molecular weight is 428 g/mol. The fourth-order valence-corrected chi connectivity index (χ4v) is 4.65. The molecule has 0 bridgehead atoms. The molecule has 8 nitrogen and oxygen atoms in total. The molecule has 0 amide bonds. The number of rotatable bonds is 3. The van der Waals surface area contributed by atoms with Crippen LogP contribution >= 0.6 is 0 Å². The van der Waals surface area contributed by atoms with Gasteiger partial charge in [0.15, 0.2) is 17.3 Å². The molecule has 9 heteroatoms. The standard InChI is InChI=1S/C23H21FN8/c24-17-12-13-11-14(4-5-15(13)20(17)25)32-22(16-3-1-8-27-21(16)26)29-18-6-7-19(30-23(18)32)31-10-2-9-28-31/h1-4,6-11,15,17,20H,5,12,25H2,(H2,26,27)/t15?,17-,20?/m1/s1. The lowest BCUT2D eigenvalue weighted by Gasteiger charge is -2.22. The zero-order chi connectivity index (χ0) is 21.8. The number of imidazole rings is 1. The molecule has 2 unspecified atom stereocenters. The quantitative estimate of drug-likeness (QED) is 0.518. The molecule has 1 saturated carbocycles. The van der Waals surface area contributed by atoms with Gasteiger partial charge >= 0.3 is 0 Å². The highest BCUT2D eigenvalue weighted by Crippen LogP contribution is 2.41. The van der Waals surface area contributed by atoms with E-state index in [2.05, 4.69) is 16.2 Å². The minimum absolute atomic E-state index is 0.0306. The van der Waals surface area contributed by atoms with Crippen LogP contribution in [0.1, 0.15) is 12.8 Å². The van der Waals surface area contributed by atoms with E-state index in [-0.39, 0.29) is 5.92 Å². The second kappa shape index (κ2) is 7.10. The summed E-state index contributed by atoms with van der Waals surface area (Å²) >= 11 is 0. The van der Waals surface area contributed by atoms with Crippen LogP contribution < -0.4 is 11.5 Å². The Balaban J connectivity index is 1.58. The highest BCUT2D eigenvalue weighted by atomic mass is 19.1. The molecule has 0 aromatic carbocycles. The number of fused-ring (bicyclic) bond motifs is 2. The number of anilines is 1. The van der Waals surface area contributed by atoms with Crippen molar-refractivity contribution in [2.75, 3.05) is 5.73 Å². The third-order valence-corrected chi connectivity index (χ3v) is 6.27. The third kappa shape index (κ3) is 2.85. The van der Waals surface area contributed by atoms with E-state index in [0.717, 1.165) is 11.3 Å². The summed E-state index contributed by atoms with van der Waals surface area (Å²) in [7, 11) is 0. The van der Waals surface area contributed by atoms with Gasteiger partial charge in [-0.15, -0.1) is 0 Å². The first kappa shape index (κ1) is 18.9. The number of alkyl halides is 1. The van der Waals surface area contributed by atoms with Crippen LogP contribution in [0.25, 0.3) is 34.1 Å². The zero-order valence-corrected chi connectivity index (χ0v) is 17.1. The van der Waals surface area contributed by atoms with Crippen LogP contribution in [0, 0.1) is 5.92 Å². The lowest BCUT2D eigenvalue weighted by atomic mass is 9.91. The number of halogens is 1. The van der Waals surface area contributed by atoms with E-state index >= 15 is 0 Å². The average Bonchev–Trinajstić information content (AvgIpc) is 3.52. The van der Waals surface area contributed by atoms with Crippen molar-refractivity contribution in [3.8, 4) is 17.2 Å². The molecule has 0 saturated heterocycles. The Morgan fingerprint density at radius 1 is 1.09 bits per heavy atom. The van der Waals surface area contributed by atoms with Crippen molar-refractivity contribution >= 4 is 22.7 Å². The molecular formula is C23H21FN8. The van der Waals surface area contributed by atoms with Crippen LogP contribution in [0.15, 0.2) is 66.6 Å². The van der Waals surface area contributed by atoms with Crippen LogP contribution in [-0.4, -0.2) is 41.5 Å². The summed E-state index contributed by atoms with van der Waals surface area (Å²) in [5, 5.41) is 4.29. The first-order chi connectivity index (χ1) is 15.6. The molecule has 1 fully saturated rings. The first-order valence-electron chi connectivity index (χ1n) is 10.5. The fourth-order valence-electron chi connectivity index (χ4n) is 4.65. The van der Waals surface area contributed by atoms with Gasteiger partial charge in [-0.2, -0.15) is 5.10 Å². The minimum Gasteiger partial charge on any atom is -0.383 e. The maximum absolute atomic E-state index is 14.3. The molecule has 160 valence electrons. The number of aromatic nitrogens is 6. The molecule has 0 spiro atoms. The van der Waals surface area contributed by atoms with Crippen LogP contribution in [-0.2, 0) is 0 Å². The smallest absolute Gasteiger partial charge is 0.167 e. The van der Waals surface area contributed by atoms with E-state index in [1.165, 1.54) is 0 Å². The molecule has 32 heavy (non-hydrogen) atoms. The predicted octanol–water partition coefficient (Wildman–Crippen LogP) is 3.12. The Morgan fingerprint density at radius 3 is 2.81 bits per heavy atom. The molecule has 0 radical (unpaired) electrons. The fraction of sp³-hybridized carbons (Fsp3) is 0.217. The van der Waals surface area contributed by atoms with Crippen LogP contribution in [0.3, 0.4) is 0 Å². The van der Waals surface area contributed by atoms with Gasteiger partial charge in [0.2, 0.25) is 0 Å². The Hall–Kier alpha value is -3.85. The lowest BCUT2D eigenvalue weighted by Crippen LogP contribution is -2.32. The topological polar surface area (TPSA) is 113 Å². The summed E-state index contributed by atoms with van der Waals surface area (Å²) in [5.41, 5.74) is 16.3. The molecule has 4 aromatic rings.